The first kappa shape index (κ1) is 8.76. The average molecular weight is 154 g/mol. The minimum Gasteiger partial charge on any atom is -0.299 e. The monoisotopic (exact) mass is 154 g/mol. The summed E-state index contributed by atoms with van der Waals surface area (Å²) in [4.78, 5) is 11.1. The van der Waals surface area contributed by atoms with E-state index in [2.05, 4.69) is 13.8 Å². The lowest BCUT2D eigenvalue weighted by Gasteiger charge is -1.92. The van der Waals surface area contributed by atoms with Gasteiger partial charge in [-0.3, -0.25) is 4.79 Å². The molecule has 0 heterocycles. The molecule has 0 bridgehead atoms. The molecule has 0 aromatic carbocycles. The van der Waals surface area contributed by atoms with Gasteiger partial charge < -0.3 is 0 Å². The molecule has 0 radical (unpaired) electrons. The number of hydrogen-bond donors (Lipinski definition) is 0. The molecule has 0 aromatic heterocycles. The maximum Gasteiger partial charge on any atom is 0.140 e. The van der Waals surface area contributed by atoms with Gasteiger partial charge in [0.25, 0.3) is 0 Å². The molecule has 1 nitrogen and oxygen atoms in total. The zero-order chi connectivity index (χ0) is 8.27. The maximum absolute atomic E-state index is 11.1. The second kappa shape index (κ2) is 3.89. The summed E-state index contributed by atoms with van der Waals surface area (Å²) in [5, 5.41) is 0. The van der Waals surface area contributed by atoms with Crippen LogP contribution in [0.15, 0.2) is 0 Å². The van der Waals surface area contributed by atoms with Crippen molar-refractivity contribution in [1.82, 2.24) is 0 Å². The van der Waals surface area contributed by atoms with E-state index in [-0.39, 0.29) is 0 Å². The van der Waals surface area contributed by atoms with E-state index in [9.17, 15) is 4.79 Å². The Morgan fingerprint density at radius 3 is 2.27 bits per heavy atom. The molecule has 1 rings (SSSR count). The minimum atomic E-state index is 0.464. The van der Waals surface area contributed by atoms with Gasteiger partial charge in [0.1, 0.15) is 5.78 Å². The molecule has 0 saturated heterocycles. The second-order valence-corrected chi connectivity index (χ2v) is 3.55. The largest absolute Gasteiger partial charge is 0.299 e. The van der Waals surface area contributed by atoms with Crippen LogP contribution in [0.1, 0.15) is 46.0 Å². The molecule has 1 heteroatoms. The van der Waals surface area contributed by atoms with Crippen molar-refractivity contribution in [2.75, 3.05) is 0 Å². The number of Topliss-reactive ketones (excluding diaryl/α,β-unsaturated/α-hetero) is 1. The summed E-state index contributed by atoms with van der Waals surface area (Å²) in [5.74, 6) is 1.47. The third kappa shape index (κ3) is 2.05. The Bertz CT molecular complexity index is 140. The number of carbonyl (C=O) groups excluding carboxylic acids is 1. The highest BCUT2D eigenvalue weighted by atomic mass is 16.1. The van der Waals surface area contributed by atoms with E-state index in [1.54, 1.807) is 0 Å². The van der Waals surface area contributed by atoms with Gasteiger partial charge in [-0.1, -0.05) is 33.1 Å². The molecule has 2 unspecified atom stereocenters. The summed E-state index contributed by atoms with van der Waals surface area (Å²) in [6.45, 7) is 4.34. The van der Waals surface area contributed by atoms with Crippen LogP contribution in [0.25, 0.3) is 0 Å². The molecular weight excluding hydrogens is 136 g/mol. The Morgan fingerprint density at radius 2 is 1.73 bits per heavy atom. The molecule has 1 aliphatic carbocycles. The van der Waals surface area contributed by atoms with E-state index in [1.807, 2.05) is 0 Å². The minimum absolute atomic E-state index is 0.464. The average Bonchev–Trinajstić information content (AvgIpc) is 2.59. The zero-order valence-electron chi connectivity index (χ0n) is 7.60. The third-order valence-electron chi connectivity index (χ3n) is 2.58. The summed E-state index contributed by atoms with van der Waals surface area (Å²) in [6.07, 6.45) is 5.91. The van der Waals surface area contributed by atoms with Crippen LogP contribution >= 0.6 is 0 Å². The van der Waals surface area contributed by atoms with Gasteiger partial charge >= 0.3 is 0 Å². The topological polar surface area (TPSA) is 17.1 Å². The molecular formula is C10H18O. The Morgan fingerprint density at radius 1 is 1.09 bits per heavy atom. The van der Waals surface area contributed by atoms with Crippen LogP contribution in [0, 0.1) is 11.8 Å². The van der Waals surface area contributed by atoms with Crippen LogP contribution < -0.4 is 0 Å². The van der Waals surface area contributed by atoms with Crippen molar-refractivity contribution in [2.24, 2.45) is 11.8 Å². The smallest absolute Gasteiger partial charge is 0.140 e. The number of hydrogen-bond acceptors (Lipinski definition) is 1. The fraction of sp³-hybridized carbons (Fsp3) is 0.900. The third-order valence-corrected chi connectivity index (χ3v) is 2.58. The van der Waals surface area contributed by atoms with E-state index in [1.165, 1.54) is 19.3 Å². The van der Waals surface area contributed by atoms with E-state index >= 15 is 0 Å². The van der Waals surface area contributed by atoms with Gasteiger partial charge in [-0.05, 0) is 12.8 Å². The van der Waals surface area contributed by atoms with Crippen LogP contribution in [-0.4, -0.2) is 5.78 Å². The highest BCUT2D eigenvalue weighted by molar-refractivity contribution is 5.99. The molecule has 1 saturated carbocycles. The molecule has 64 valence electrons. The molecule has 1 aliphatic rings. The van der Waals surface area contributed by atoms with Crippen LogP contribution in [0.5, 0.6) is 0 Å². The first-order chi connectivity index (χ1) is 5.31. The van der Waals surface area contributed by atoms with E-state index in [0.717, 1.165) is 12.8 Å². The lowest BCUT2D eigenvalue weighted by Crippen LogP contribution is -1.82. The summed E-state index contributed by atoms with van der Waals surface area (Å²) < 4.78 is 0. The zero-order valence-corrected chi connectivity index (χ0v) is 7.60. The molecule has 0 spiro atoms. The highest BCUT2D eigenvalue weighted by Gasteiger charge is 2.46. The van der Waals surface area contributed by atoms with Crippen molar-refractivity contribution in [3.8, 4) is 0 Å². The Kier molecular flexibility index (Phi) is 3.10. The SMILES string of the molecule is CCCCC1C(=O)C1CCC. The normalized spacial score (nSPS) is 29.1. The van der Waals surface area contributed by atoms with E-state index < -0.39 is 0 Å². The molecule has 1 fully saturated rings. The summed E-state index contributed by atoms with van der Waals surface area (Å²) in [6, 6.07) is 0. The predicted octanol–water partition coefficient (Wildman–Crippen LogP) is 2.79. The number of rotatable bonds is 5. The van der Waals surface area contributed by atoms with Crippen LogP contribution in [0.4, 0.5) is 0 Å². The number of ketones is 1. The highest BCUT2D eigenvalue weighted by Crippen LogP contribution is 2.40. The molecule has 0 amide bonds. The fourth-order valence-electron chi connectivity index (χ4n) is 1.77. The molecule has 2 atom stereocenters. The molecule has 0 aromatic rings. The fourth-order valence-corrected chi connectivity index (χ4v) is 1.77. The van der Waals surface area contributed by atoms with Gasteiger partial charge in [0.15, 0.2) is 0 Å². The van der Waals surface area contributed by atoms with Crippen molar-refractivity contribution in [3.05, 3.63) is 0 Å². The maximum atomic E-state index is 11.1. The number of carbonyl (C=O) groups is 1. The quantitative estimate of drug-likeness (QED) is 0.595. The van der Waals surface area contributed by atoms with E-state index in [0.29, 0.717) is 17.6 Å². The number of unbranched alkanes of at least 4 members (excludes halogenated alkanes) is 1. The van der Waals surface area contributed by atoms with Crippen molar-refractivity contribution < 1.29 is 4.79 Å². The summed E-state index contributed by atoms with van der Waals surface area (Å²) >= 11 is 0. The first-order valence-corrected chi connectivity index (χ1v) is 4.85. The van der Waals surface area contributed by atoms with Gasteiger partial charge in [0.2, 0.25) is 0 Å². The van der Waals surface area contributed by atoms with E-state index in [4.69, 9.17) is 0 Å². The molecule has 0 aliphatic heterocycles. The van der Waals surface area contributed by atoms with Crippen LogP contribution in [0.2, 0.25) is 0 Å². The first-order valence-electron chi connectivity index (χ1n) is 4.85. The van der Waals surface area contributed by atoms with Gasteiger partial charge in [-0.25, -0.2) is 0 Å². The lowest BCUT2D eigenvalue weighted by molar-refractivity contribution is -0.112. The molecule has 11 heavy (non-hydrogen) atoms. The van der Waals surface area contributed by atoms with Crippen molar-refractivity contribution in [1.29, 1.82) is 0 Å². The van der Waals surface area contributed by atoms with Crippen molar-refractivity contribution >= 4 is 5.78 Å². The van der Waals surface area contributed by atoms with Crippen molar-refractivity contribution in [2.45, 2.75) is 46.0 Å². The lowest BCUT2D eigenvalue weighted by atomic mass is 10.1. The van der Waals surface area contributed by atoms with Gasteiger partial charge in [-0.15, -0.1) is 0 Å². The summed E-state index contributed by atoms with van der Waals surface area (Å²) in [5.41, 5.74) is 0. The Balaban J connectivity index is 2.14. The Hall–Kier alpha value is -0.330. The summed E-state index contributed by atoms with van der Waals surface area (Å²) in [7, 11) is 0. The second-order valence-electron chi connectivity index (χ2n) is 3.55. The van der Waals surface area contributed by atoms with Crippen molar-refractivity contribution in [3.63, 3.8) is 0 Å². The van der Waals surface area contributed by atoms with Gasteiger partial charge in [-0.2, -0.15) is 0 Å². The van der Waals surface area contributed by atoms with Crippen LogP contribution in [-0.2, 0) is 4.79 Å². The van der Waals surface area contributed by atoms with Gasteiger partial charge in [0, 0.05) is 11.8 Å². The molecule has 0 N–H and O–H groups in total. The Labute approximate surface area is 69.2 Å². The van der Waals surface area contributed by atoms with Gasteiger partial charge in [0.05, 0.1) is 0 Å². The standard InChI is InChI=1S/C10H18O/c1-3-5-7-9-8(6-4-2)10(9)11/h8-9H,3-7H2,1-2H3. The van der Waals surface area contributed by atoms with Crippen LogP contribution in [0.3, 0.4) is 0 Å². The predicted molar refractivity (Wildman–Crippen MR) is 46.4 cm³/mol.